The zero-order valence-corrected chi connectivity index (χ0v) is 9.84. The summed E-state index contributed by atoms with van der Waals surface area (Å²) < 4.78 is 12.8. The molecule has 19 heavy (non-hydrogen) atoms. The number of nitro groups is 1. The molecule has 4 N–H and O–H groups in total. The fraction of sp³-hybridized carbons (Fsp3) is 0.0833. The minimum absolute atomic E-state index is 0.0328. The third-order valence-corrected chi connectivity index (χ3v) is 2.58. The molecule has 1 aromatic carbocycles. The number of hydrogen-bond acceptors (Lipinski definition) is 5. The van der Waals surface area contributed by atoms with Crippen molar-refractivity contribution in [3.63, 3.8) is 0 Å². The number of halogens is 1. The van der Waals surface area contributed by atoms with Gasteiger partial charge in [-0.3, -0.25) is 10.1 Å². The van der Waals surface area contributed by atoms with Crippen molar-refractivity contribution < 1.29 is 9.31 Å². The Bertz CT molecular complexity index is 605. The minimum atomic E-state index is -0.667. The highest BCUT2D eigenvalue weighted by Gasteiger charge is 2.18. The Morgan fingerprint density at radius 3 is 2.42 bits per heavy atom. The van der Waals surface area contributed by atoms with Crippen LogP contribution in [-0.2, 0) is 6.42 Å². The van der Waals surface area contributed by atoms with Gasteiger partial charge in [0, 0.05) is 12.1 Å². The number of aromatic nitrogens is 1. The summed E-state index contributed by atoms with van der Waals surface area (Å²) in [6.07, 6.45) is 0.368. The maximum absolute atomic E-state index is 12.8. The molecule has 0 radical (unpaired) electrons. The van der Waals surface area contributed by atoms with Gasteiger partial charge in [-0.25, -0.2) is 9.37 Å². The molecule has 2 aromatic rings. The highest BCUT2D eigenvalue weighted by Crippen LogP contribution is 2.28. The molecule has 0 amide bonds. The molecule has 0 unspecified atom stereocenters. The van der Waals surface area contributed by atoms with Gasteiger partial charge in [0.1, 0.15) is 11.5 Å². The Morgan fingerprint density at radius 2 is 1.89 bits per heavy atom. The van der Waals surface area contributed by atoms with E-state index in [2.05, 4.69) is 4.98 Å². The van der Waals surface area contributed by atoms with Crippen LogP contribution in [0.15, 0.2) is 30.3 Å². The van der Waals surface area contributed by atoms with Crippen molar-refractivity contribution in [2.24, 2.45) is 0 Å². The van der Waals surface area contributed by atoms with Crippen molar-refractivity contribution in [1.82, 2.24) is 4.98 Å². The molecule has 0 saturated heterocycles. The average molecular weight is 262 g/mol. The molecule has 0 atom stereocenters. The number of nitrogens with zero attached hydrogens (tertiary/aromatic N) is 2. The summed E-state index contributed by atoms with van der Waals surface area (Å²) in [5.74, 6) is -0.554. The molecule has 0 bridgehead atoms. The van der Waals surface area contributed by atoms with E-state index >= 15 is 0 Å². The summed E-state index contributed by atoms with van der Waals surface area (Å²) >= 11 is 0. The number of rotatable bonds is 3. The molecule has 1 aromatic heterocycles. The predicted molar refractivity (Wildman–Crippen MR) is 68.9 cm³/mol. The van der Waals surface area contributed by atoms with Crippen LogP contribution in [0.25, 0.3) is 0 Å². The molecule has 0 aliphatic carbocycles. The number of nitrogen functional groups attached to an aromatic ring is 2. The Kier molecular flexibility index (Phi) is 3.28. The van der Waals surface area contributed by atoms with Crippen molar-refractivity contribution in [3.05, 3.63) is 57.5 Å². The van der Waals surface area contributed by atoms with E-state index in [1.54, 1.807) is 12.1 Å². The Hall–Kier alpha value is -2.70. The molecule has 0 fully saturated rings. The minimum Gasteiger partial charge on any atom is -0.393 e. The number of pyridine rings is 1. The number of anilines is 2. The van der Waals surface area contributed by atoms with Crippen molar-refractivity contribution in [2.75, 3.05) is 11.5 Å². The van der Waals surface area contributed by atoms with Gasteiger partial charge in [-0.1, -0.05) is 12.1 Å². The monoisotopic (exact) mass is 262 g/mol. The van der Waals surface area contributed by atoms with Crippen LogP contribution in [-0.4, -0.2) is 9.91 Å². The van der Waals surface area contributed by atoms with Crippen molar-refractivity contribution in [2.45, 2.75) is 6.42 Å². The van der Waals surface area contributed by atoms with Crippen molar-refractivity contribution in [1.29, 1.82) is 0 Å². The fourth-order valence-electron chi connectivity index (χ4n) is 1.74. The summed E-state index contributed by atoms with van der Waals surface area (Å²) in [4.78, 5) is 14.0. The summed E-state index contributed by atoms with van der Waals surface area (Å²) in [7, 11) is 0. The highest BCUT2D eigenvalue weighted by molar-refractivity contribution is 5.69. The highest BCUT2D eigenvalue weighted by atomic mass is 19.1. The van der Waals surface area contributed by atoms with Gasteiger partial charge in [0.25, 0.3) is 0 Å². The molecule has 7 heteroatoms. The summed E-state index contributed by atoms with van der Waals surface area (Å²) in [5, 5.41) is 10.7. The van der Waals surface area contributed by atoms with E-state index in [1.807, 2.05) is 0 Å². The second-order valence-corrected chi connectivity index (χ2v) is 4.00. The maximum Gasteiger partial charge on any atom is 0.333 e. The van der Waals surface area contributed by atoms with Crippen LogP contribution in [0, 0.1) is 15.9 Å². The quantitative estimate of drug-likeness (QED) is 0.648. The van der Waals surface area contributed by atoms with Gasteiger partial charge in [-0.15, -0.1) is 0 Å². The largest absolute Gasteiger partial charge is 0.393 e. The van der Waals surface area contributed by atoms with Crippen LogP contribution in [0.1, 0.15) is 11.3 Å². The van der Waals surface area contributed by atoms with E-state index in [4.69, 9.17) is 11.5 Å². The summed E-state index contributed by atoms with van der Waals surface area (Å²) in [6.45, 7) is 0. The molecule has 6 nitrogen and oxygen atoms in total. The van der Waals surface area contributed by atoms with Gasteiger partial charge in [0.15, 0.2) is 0 Å². The van der Waals surface area contributed by atoms with E-state index in [0.717, 1.165) is 5.56 Å². The van der Waals surface area contributed by atoms with E-state index in [0.29, 0.717) is 12.1 Å². The van der Waals surface area contributed by atoms with Gasteiger partial charge in [-0.2, -0.15) is 0 Å². The normalized spacial score (nSPS) is 10.4. The number of benzene rings is 1. The van der Waals surface area contributed by atoms with E-state index in [1.165, 1.54) is 18.2 Å². The van der Waals surface area contributed by atoms with Gasteiger partial charge in [0.05, 0.1) is 4.92 Å². The van der Waals surface area contributed by atoms with Crippen LogP contribution >= 0.6 is 0 Å². The lowest BCUT2D eigenvalue weighted by atomic mass is 10.1. The molecule has 0 aliphatic rings. The van der Waals surface area contributed by atoms with Gasteiger partial charge < -0.3 is 11.5 Å². The molecule has 0 aliphatic heterocycles. The third kappa shape index (κ3) is 2.76. The molecule has 0 saturated carbocycles. The molecule has 1 heterocycles. The summed E-state index contributed by atoms with van der Waals surface area (Å²) in [6, 6.07) is 7.26. The second kappa shape index (κ2) is 4.89. The van der Waals surface area contributed by atoms with E-state index in [9.17, 15) is 14.5 Å². The molecule has 2 rings (SSSR count). The fourth-order valence-corrected chi connectivity index (χ4v) is 1.74. The van der Waals surface area contributed by atoms with E-state index in [-0.39, 0.29) is 23.0 Å². The molecule has 0 spiro atoms. The van der Waals surface area contributed by atoms with Crippen LogP contribution in [0.5, 0.6) is 0 Å². The standard InChI is InChI=1S/C12H11FN4O2/c13-8-3-1-7(2-4-8)5-9-6-10(14)11(17(18)19)12(15)16-9/h1-4,6H,5H2,(H4,14,15,16). The smallest absolute Gasteiger partial charge is 0.333 e. The first-order valence-electron chi connectivity index (χ1n) is 5.41. The maximum atomic E-state index is 12.8. The molecular formula is C12H11FN4O2. The molecular weight excluding hydrogens is 251 g/mol. The first-order valence-corrected chi connectivity index (χ1v) is 5.41. The van der Waals surface area contributed by atoms with Crippen molar-refractivity contribution in [3.8, 4) is 0 Å². The van der Waals surface area contributed by atoms with Gasteiger partial charge in [-0.05, 0) is 23.8 Å². The second-order valence-electron chi connectivity index (χ2n) is 4.00. The topological polar surface area (TPSA) is 108 Å². The Balaban J connectivity index is 2.32. The van der Waals surface area contributed by atoms with Gasteiger partial charge >= 0.3 is 5.69 Å². The number of nitrogens with two attached hydrogens (primary N) is 2. The Morgan fingerprint density at radius 1 is 1.26 bits per heavy atom. The number of hydrogen-bond donors (Lipinski definition) is 2. The SMILES string of the molecule is Nc1cc(Cc2ccc(F)cc2)nc(N)c1[N+](=O)[O-]. The third-order valence-electron chi connectivity index (χ3n) is 2.58. The molecule has 98 valence electrons. The van der Waals surface area contributed by atoms with Crippen LogP contribution in [0.3, 0.4) is 0 Å². The zero-order chi connectivity index (χ0) is 14.0. The van der Waals surface area contributed by atoms with E-state index < -0.39 is 4.92 Å². The Labute approximate surface area is 108 Å². The lowest BCUT2D eigenvalue weighted by Gasteiger charge is -2.05. The summed E-state index contributed by atoms with van der Waals surface area (Å²) in [5.41, 5.74) is 12.0. The first-order chi connectivity index (χ1) is 8.97. The van der Waals surface area contributed by atoms with Crippen LogP contribution in [0.2, 0.25) is 0 Å². The van der Waals surface area contributed by atoms with Crippen molar-refractivity contribution >= 4 is 17.2 Å². The lowest BCUT2D eigenvalue weighted by molar-refractivity contribution is -0.383. The predicted octanol–water partition coefficient (Wildman–Crippen LogP) is 1.88. The van der Waals surface area contributed by atoms with Crippen LogP contribution in [0.4, 0.5) is 21.6 Å². The average Bonchev–Trinajstić information content (AvgIpc) is 2.30. The van der Waals surface area contributed by atoms with Crippen LogP contribution < -0.4 is 11.5 Å². The lowest BCUT2D eigenvalue weighted by Crippen LogP contribution is -2.05. The zero-order valence-electron chi connectivity index (χ0n) is 9.84. The first kappa shape index (κ1) is 12.7. The van der Waals surface area contributed by atoms with Gasteiger partial charge in [0.2, 0.25) is 5.82 Å².